The predicted molar refractivity (Wildman–Crippen MR) is 36.5 cm³/mol. The molecule has 44 valence electrons. The molecule has 0 unspecified atom stereocenters. The second-order valence-electron chi connectivity index (χ2n) is 1.34. The molecule has 3 nitrogen and oxygen atoms in total. The van der Waals surface area contributed by atoms with E-state index in [-0.39, 0.29) is 0 Å². The van der Waals surface area contributed by atoms with Crippen molar-refractivity contribution in [3.05, 3.63) is 11.4 Å². The highest BCUT2D eigenvalue weighted by atomic mass is 32.1. The van der Waals surface area contributed by atoms with Gasteiger partial charge in [0.2, 0.25) is 0 Å². The standard InChI is InChI=1S/C4H7N3S/c5-4-3(7-6)1-2-8-4/h1-2,7H,5-6H2. The van der Waals surface area contributed by atoms with Gasteiger partial charge in [0, 0.05) is 0 Å². The van der Waals surface area contributed by atoms with Crippen LogP contribution in [0, 0.1) is 0 Å². The molecule has 1 aromatic heterocycles. The van der Waals surface area contributed by atoms with E-state index in [9.17, 15) is 0 Å². The van der Waals surface area contributed by atoms with E-state index in [1.165, 1.54) is 11.3 Å². The zero-order valence-electron chi connectivity index (χ0n) is 4.22. The van der Waals surface area contributed by atoms with Gasteiger partial charge in [0.15, 0.2) is 0 Å². The average Bonchev–Trinajstić information content (AvgIpc) is 2.14. The van der Waals surface area contributed by atoms with Crippen LogP contribution in [0.2, 0.25) is 0 Å². The van der Waals surface area contributed by atoms with E-state index in [1.54, 1.807) is 0 Å². The number of nitrogens with two attached hydrogens (primary N) is 2. The lowest BCUT2D eigenvalue weighted by Gasteiger charge is -1.92. The van der Waals surface area contributed by atoms with Gasteiger partial charge in [0.1, 0.15) is 5.00 Å². The lowest BCUT2D eigenvalue weighted by atomic mass is 10.5. The fourth-order valence-corrected chi connectivity index (χ4v) is 1.04. The second kappa shape index (κ2) is 2.02. The number of hydrogen-bond donors (Lipinski definition) is 3. The van der Waals surface area contributed by atoms with Crippen molar-refractivity contribution in [2.75, 3.05) is 11.2 Å². The molecule has 0 aliphatic carbocycles. The predicted octanol–water partition coefficient (Wildman–Crippen LogP) is 0.616. The smallest absolute Gasteiger partial charge is 0.111 e. The van der Waals surface area contributed by atoms with Crippen molar-refractivity contribution in [2.45, 2.75) is 0 Å². The fraction of sp³-hybridized carbons (Fsp3) is 0. The SMILES string of the molecule is NNc1ccsc1N. The molecule has 0 atom stereocenters. The van der Waals surface area contributed by atoms with Crippen LogP contribution in [-0.4, -0.2) is 0 Å². The fourth-order valence-electron chi connectivity index (χ4n) is 0.440. The van der Waals surface area contributed by atoms with E-state index in [0.717, 1.165) is 10.7 Å². The first-order chi connectivity index (χ1) is 3.84. The quantitative estimate of drug-likeness (QED) is 0.384. The van der Waals surface area contributed by atoms with Crippen molar-refractivity contribution < 1.29 is 0 Å². The third-order valence-corrected chi connectivity index (χ3v) is 1.60. The number of hydrogen-bond acceptors (Lipinski definition) is 4. The molecule has 0 bridgehead atoms. The van der Waals surface area contributed by atoms with E-state index in [0.29, 0.717) is 0 Å². The van der Waals surface area contributed by atoms with E-state index >= 15 is 0 Å². The summed E-state index contributed by atoms with van der Waals surface area (Å²) in [6, 6.07) is 1.83. The molecular formula is C4H7N3S. The number of nitrogens with one attached hydrogen (secondary N) is 1. The van der Waals surface area contributed by atoms with Crippen molar-refractivity contribution >= 4 is 22.0 Å². The van der Waals surface area contributed by atoms with Crippen LogP contribution in [0.25, 0.3) is 0 Å². The summed E-state index contributed by atoms with van der Waals surface area (Å²) in [6.45, 7) is 0. The summed E-state index contributed by atoms with van der Waals surface area (Å²) in [5, 5.41) is 2.61. The van der Waals surface area contributed by atoms with Crippen LogP contribution >= 0.6 is 11.3 Å². The molecule has 1 aromatic rings. The molecule has 0 aliphatic rings. The summed E-state index contributed by atoms with van der Waals surface area (Å²) in [4.78, 5) is 0. The maximum absolute atomic E-state index is 5.43. The molecule has 0 saturated heterocycles. The molecule has 1 rings (SSSR count). The Morgan fingerprint density at radius 1 is 1.62 bits per heavy atom. The van der Waals surface area contributed by atoms with Gasteiger partial charge in [0.25, 0.3) is 0 Å². The summed E-state index contributed by atoms with van der Waals surface area (Å²) in [6.07, 6.45) is 0. The van der Waals surface area contributed by atoms with Gasteiger partial charge in [0.05, 0.1) is 5.69 Å². The number of nitrogen functional groups attached to an aromatic ring is 2. The third kappa shape index (κ3) is 0.753. The van der Waals surface area contributed by atoms with Gasteiger partial charge in [-0.3, -0.25) is 5.84 Å². The molecule has 0 aliphatic heterocycles. The van der Waals surface area contributed by atoms with Crippen LogP contribution in [0.3, 0.4) is 0 Å². The van der Waals surface area contributed by atoms with Crippen molar-refractivity contribution in [1.82, 2.24) is 0 Å². The lowest BCUT2D eigenvalue weighted by Crippen LogP contribution is -2.06. The Bertz CT molecular complexity index is 172. The Balaban J connectivity index is 2.92. The van der Waals surface area contributed by atoms with Crippen LogP contribution in [0.5, 0.6) is 0 Å². The first-order valence-electron chi connectivity index (χ1n) is 2.14. The highest BCUT2D eigenvalue weighted by Crippen LogP contribution is 2.22. The van der Waals surface area contributed by atoms with E-state index < -0.39 is 0 Å². The average molecular weight is 129 g/mol. The molecule has 0 spiro atoms. The maximum Gasteiger partial charge on any atom is 0.111 e. The molecule has 0 radical (unpaired) electrons. The van der Waals surface area contributed by atoms with Crippen molar-refractivity contribution in [3.8, 4) is 0 Å². The largest absolute Gasteiger partial charge is 0.389 e. The Hall–Kier alpha value is -0.740. The summed E-state index contributed by atoms with van der Waals surface area (Å²) in [5.74, 6) is 5.07. The van der Waals surface area contributed by atoms with Gasteiger partial charge in [-0.15, -0.1) is 11.3 Å². The van der Waals surface area contributed by atoms with Crippen LogP contribution in [-0.2, 0) is 0 Å². The molecule has 0 amide bonds. The molecule has 0 saturated carbocycles. The minimum Gasteiger partial charge on any atom is -0.389 e. The normalized spacial score (nSPS) is 9.12. The highest BCUT2D eigenvalue weighted by molar-refractivity contribution is 7.14. The highest BCUT2D eigenvalue weighted by Gasteiger charge is 1.93. The number of hydrazine groups is 1. The van der Waals surface area contributed by atoms with E-state index in [2.05, 4.69) is 5.43 Å². The zero-order valence-corrected chi connectivity index (χ0v) is 5.03. The van der Waals surface area contributed by atoms with Gasteiger partial charge in [-0.1, -0.05) is 0 Å². The lowest BCUT2D eigenvalue weighted by molar-refractivity contribution is 1.37. The minimum absolute atomic E-state index is 0.729. The van der Waals surface area contributed by atoms with E-state index in [4.69, 9.17) is 11.6 Å². The number of thiophene rings is 1. The Morgan fingerprint density at radius 2 is 2.38 bits per heavy atom. The van der Waals surface area contributed by atoms with Crippen molar-refractivity contribution in [3.63, 3.8) is 0 Å². The molecule has 0 aromatic carbocycles. The van der Waals surface area contributed by atoms with E-state index in [1.807, 2.05) is 11.4 Å². The van der Waals surface area contributed by atoms with Crippen LogP contribution < -0.4 is 17.0 Å². The zero-order chi connectivity index (χ0) is 5.98. The van der Waals surface area contributed by atoms with Gasteiger partial charge in [-0.2, -0.15) is 0 Å². The van der Waals surface area contributed by atoms with Crippen molar-refractivity contribution in [1.29, 1.82) is 0 Å². The summed E-state index contributed by atoms with van der Waals surface area (Å²) in [5.41, 5.74) is 8.69. The molecular weight excluding hydrogens is 122 g/mol. The molecule has 5 N–H and O–H groups in total. The van der Waals surface area contributed by atoms with Gasteiger partial charge in [-0.05, 0) is 11.4 Å². The third-order valence-electron chi connectivity index (χ3n) is 0.851. The van der Waals surface area contributed by atoms with Crippen LogP contribution in [0.15, 0.2) is 11.4 Å². The Morgan fingerprint density at radius 3 is 2.62 bits per heavy atom. The Kier molecular flexibility index (Phi) is 1.36. The first kappa shape index (κ1) is 5.40. The monoisotopic (exact) mass is 129 g/mol. The van der Waals surface area contributed by atoms with Crippen LogP contribution in [0.1, 0.15) is 0 Å². The topological polar surface area (TPSA) is 64.1 Å². The number of anilines is 2. The van der Waals surface area contributed by atoms with Gasteiger partial charge < -0.3 is 11.2 Å². The molecule has 4 heteroatoms. The van der Waals surface area contributed by atoms with Gasteiger partial charge in [-0.25, -0.2) is 0 Å². The first-order valence-corrected chi connectivity index (χ1v) is 3.02. The molecule has 0 fully saturated rings. The summed E-state index contributed by atoms with van der Waals surface area (Å²) >= 11 is 1.46. The maximum atomic E-state index is 5.43. The Labute approximate surface area is 51.3 Å². The second-order valence-corrected chi connectivity index (χ2v) is 2.29. The van der Waals surface area contributed by atoms with Gasteiger partial charge >= 0.3 is 0 Å². The minimum atomic E-state index is 0.729. The molecule has 8 heavy (non-hydrogen) atoms. The number of rotatable bonds is 1. The van der Waals surface area contributed by atoms with Crippen LogP contribution in [0.4, 0.5) is 10.7 Å². The summed E-state index contributed by atoms with van der Waals surface area (Å²) in [7, 11) is 0. The molecule has 1 heterocycles. The summed E-state index contributed by atoms with van der Waals surface area (Å²) < 4.78 is 0. The van der Waals surface area contributed by atoms with Crippen molar-refractivity contribution in [2.24, 2.45) is 5.84 Å².